The number of carbonyl (C=O) groups is 1. The Labute approximate surface area is 182 Å². The van der Waals surface area contributed by atoms with Crippen molar-refractivity contribution in [1.82, 2.24) is 14.8 Å². The van der Waals surface area contributed by atoms with E-state index in [0.717, 1.165) is 29.1 Å². The molecule has 1 aromatic heterocycles. The number of para-hydroxylation sites is 1. The Bertz CT molecular complexity index is 999. The summed E-state index contributed by atoms with van der Waals surface area (Å²) in [5.74, 6) is 1.10. The molecule has 3 aromatic rings. The predicted molar refractivity (Wildman–Crippen MR) is 125 cm³/mol. The topological polar surface area (TPSA) is 59.8 Å². The van der Waals surface area contributed by atoms with Crippen molar-refractivity contribution in [2.24, 2.45) is 0 Å². The molecule has 0 aliphatic heterocycles. The summed E-state index contributed by atoms with van der Waals surface area (Å²) < 4.78 is 1.99. The monoisotopic (exact) mass is 420 g/mol. The zero-order valence-corrected chi connectivity index (χ0v) is 18.5. The molecule has 0 radical (unpaired) electrons. The van der Waals surface area contributed by atoms with Gasteiger partial charge in [-0.05, 0) is 30.9 Å². The lowest BCUT2D eigenvalue weighted by Crippen LogP contribution is -2.23. The van der Waals surface area contributed by atoms with Gasteiger partial charge in [0.05, 0.1) is 5.25 Å². The van der Waals surface area contributed by atoms with E-state index < -0.39 is 0 Å². The number of aromatic nitrogens is 3. The Balaban J connectivity index is 1.78. The summed E-state index contributed by atoms with van der Waals surface area (Å²) in [6.07, 6.45) is 2.83. The van der Waals surface area contributed by atoms with E-state index in [1.54, 1.807) is 0 Å². The maximum absolute atomic E-state index is 12.9. The number of nitrogens with one attached hydrogen (secondary N) is 1. The standard InChI is InChI=1S/C24H28N4OS/c1-5-16-28-22(19-12-8-7-9-13-19)26-27-24(28)30-18(4)23(29)25-21-15-11-10-14-20(21)17(3)6-2/h5,7-15,17-18H,1,6,16H2,2-4H3,(H,25,29)/t17-,18-/m0/s1. The zero-order valence-electron chi connectivity index (χ0n) is 17.7. The molecule has 1 heterocycles. The Morgan fingerprint density at radius 3 is 2.53 bits per heavy atom. The van der Waals surface area contributed by atoms with Crippen LogP contribution >= 0.6 is 11.8 Å². The van der Waals surface area contributed by atoms with Gasteiger partial charge in [-0.15, -0.1) is 16.8 Å². The molecule has 0 bridgehead atoms. The number of hydrogen-bond donors (Lipinski definition) is 1. The second-order valence-electron chi connectivity index (χ2n) is 7.22. The van der Waals surface area contributed by atoms with E-state index >= 15 is 0 Å². The molecular formula is C24H28N4OS. The molecule has 2 aromatic carbocycles. The number of amides is 1. The third-order valence-electron chi connectivity index (χ3n) is 5.07. The fraction of sp³-hybridized carbons (Fsp3) is 0.292. The van der Waals surface area contributed by atoms with Gasteiger partial charge in [0.2, 0.25) is 5.91 Å². The van der Waals surface area contributed by atoms with E-state index in [-0.39, 0.29) is 11.2 Å². The van der Waals surface area contributed by atoms with Gasteiger partial charge in [-0.3, -0.25) is 9.36 Å². The Kier molecular flexibility index (Phi) is 7.46. The molecule has 0 aliphatic rings. The van der Waals surface area contributed by atoms with Gasteiger partial charge in [0.1, 0.15) is 0 Å². The molecule has 0 aliphatic carbocycles. The largest absolute Gasteiger partial charge is 0.325 e. The van der Waals surface area contributed by atoms with Crippen molar-refractivity contribution in [3.63, 3.8) is 0 Å². The van der Waals surface area contributed by atoms with Gasteiger partial charge in [-0.25, -0.2) is 0 Å². The molecule has 0 unspecified atom stereocenters. The first-order valence-electron chi connectivity index (χ1n) is 10.2. The van der Waals surface area contributed by atoms with E-state index in [1.807, 2.05) is 66.1 Å². The average molecular weight is 421 g/mol. The first-order chi connectivity index (χ1) is 14.5. The van der Waals surface area contributed by atoms with Crippen molar-refractivity contribution in [3.8, 4) is 11.4 Å². The zero-order chi connectivity index (χ0) is 21.5. The van der Waals surface area contributed by atoms with Crippen LogP contribution in [0.25, 0.3) is 11.4 Å². The predicted octanol–water partition coefficient (Wildman–Crippen LogP) is 5.76. The van der Waals surface area contributed by atoms with Gasteiger partial charge in [0.25, 0.3) is 0 Å². The Morgan fingerprint density at radius 2 is 1.83 bits per heavy atom. The van der Waals surface area contributed by atoms with Crippen LogP contribution in [0.1, 0.15) is 38.7 Å². The molecule has 2 atom stereocenters. The van der Waals surface area contributed by atoms with Crippen LogP contribution in [-0.4, -0.2) is 25.9 Å². The fourth-order valence-electron chi connectivity index (χ4n) is 3.18. The molecule has 1 amide bonds. The molecule has 0 saturated heterocycles. The average Bonchev–Trinajstić information content (AvgIpc) is 3.16. The number of carbonyl (C=O) groups excluding carboxylic acids is 1. The summed E-state index contributed by atoms with van der Waals surface area (Å²) in [5, 5.41) is 12.2. The number of allylic oxidation sites excluding steroid dienone is 1. The minimum atomic E-state index is -0.327. The van der Waals surface area contributed by atoms with Crippen LogP contribution in [-0.2, 0) is 11.3 Å². The second kappa shape index (κ2) is 10.3. The number of benzene rings is 2. The first kappa shape index (κ1) is 21.8. The summed E-state index contributed by atoms with van der Waals surface area (Å²) in [4.78, 5) is 12.9. The van der Waals surface area contributed by atoms with E-state index in [4.69, 9.17) is 0 Å². The number of hydrogen-bond acceptors (Lipinski definition) is 4. The number of rotatable bonds is 9. The number of nitrogens with zero attached hydrogens (tertiary/aromatic N) is 3. The van der Waals surface area contributed by atoms with Gasteiger partial charge in [-0.1, -0.05) is 80.2 Å². The molecule has 156 valence electrons. The van der Waals surface area contributed by atoms with Crippen LogP contribution in [0.2, 0.25) is 0 Å². The summed E-state index contributed by atoms with van der Waals surface area (Å²) in [6, 6.07) is 17.9. The molecule has 6 heteroatoms. The lowest BCUT2D eigenvalue weighted by Gasteiger charge is -2.17. The maximum atomic E-state index is 12.9. The fourth-order valence-corrected chi connectivity index (χ4v) is 4.04. The molecule has 3 rings (SSSR count). The lowest BCUT2D eigenvalue weighted by atomic mass is 9.97. The van der Waals surface area contributed by atoms with Gasteiger partial charge in [0.15, 0.2) is 11.0 Å². The van der Waals surface area contributed by atoms with Gasteiger partial charge < -0.3 is 5.32 Å². The van der Waals surface area contributed by atoms with Crippen molar-refractivity contribution in [1.29, 1.82) is 0 Å². The summed E-state index contributed by atoms with van der Waals surface area (Å²) in [5.41, 5.74) is 3.02. The highest BCUT2D eigenvalue weighted by Crippen LogP contribution is 2.30. The highest BCUT2D eigenvalue weighted by molar-refractivity contribution is 8.00. The Morgan fingerprint density at radius 1 is 1.13 bits per heavy atom. The van der Waals surface area contributed by atoms with Crippen LogP contribution in [0.5, 0.6) is 0 Å². The Hall–Kier alpha value is -2.86. The van der Waals surface area contributed by atoms with Crippen molar-refractivity contribution >= 4 is 23.4 Å². The molecule has 1 N–H and O–H groups in total. The minimum absolute atomic E-state index is 0.0508. The highest BCUT2D eigenvalue weighted by atomic mass is 32.2. The van der Waals surface area contributed by atoms with E-state index in [2.05, 4.69) is 42.0 Å². The van der Waals surface area contributed by atoms with Crippen LogP contribution < -0.4 is 5.32 Å². The third-order valence-corrected chi connectivity index (χ3v) is 6.15. The third kappa shape index (κ3) is 5.00. The molecule has 30 heavy (non-hydrogen) atoms. The van der Waals surface area contributed by atoms with Crippen LogP contribution in [0.15, 0.2) is 72.4 Å². The smallest absolute Gasteiger partial charge is 0.237 e. The number of anilines is 1. The second-order valence-corrected chi connectivity index (χ2v) is 8.53. The highest BCUT2D eigenvalue weighted by Gasteiger charge is 2.21. The first-order valence-corrected chi connectivity index (χ1v) is 11.1. The molecule has 0 spiro atoms. The molecule has 0 saturated carbocycles. The van der Waals surface area contributed by atoms with Crippen molar-refractivity contribution in [2.45, 2.75) is 50.1 Å². The molecule has 0 fully saturated rings. The van der Waals surface area contributed by atoms with Gasteiger partial charge in [0, 0.05) is 17.8 Å². The van der Waals surface area contributed by atoms with Crippen LogP contribution in [0.3, 0.4) is 0 Å². The van der Waals surface area contributed by atoms with E-state index in [0.29, 0.717) is 17.6 Å². The van der Waals surface area contributed by atoms with Crippen molar-refractivity contribution in [3.05, 3.63) is 72.8 Å². The number of thioether (sulfide) groups is 1. The summed E-state index contributed by atoms with van der Waals surface area (Å²) in [7, 11) is 0. The maximum Gasteiger partial charge on any atom is 0.237 e. The lowest BCUT2D eigenvalue weighted by molar-refractivity contribution is -0.115. The van der Waals surface area contributed by atoms with Crippen LogP contribution in [0, 0.1) is 0 Å². The van der Waals surface area contributed by atoms with Gasteiger partial charge >= 0.3 is 0 Å². The molecule has 5 nitrogen and oxygen atoms in total. The van der Waals surface area contributed by atoms with Gasteiger partial charge in [-0.2, -0.15) is 0 Å². The van der Waals surface area contributed by atoms with E-state index in [9.17, 15) is 4.79 Å². The van der Waals surface area contributed by atoms with Crippen molar-refractivity contribution < 1.29 is 4.79 Å². The van der Waals surface area contributed by atoms with E-state index in [1.165, 1.54) is 11.8 Å². The summed E-state index contributed by atoms with van der Waals surface area (Å²) in [6.45, 7) is 10.6. The quantitative estimate of drug-likeness (QED) is 0.353. The normalized spacial score (nSPS) is 12.9. The van der Waals surface area contributed by atoms with Crippen LogP contribution in [0.4, 0.5) is 5.69 Å². The minimum Gasteiger partial charge on any atom is -0.325 e. The molecular weight excluding hydrogens is 392 g/mol. The van der Waals surface area contributed by atoms with Crippen molar-refractivity contribution in [2.75, 3.05) is 5.32 Å². The SMILES string of the molecule is C=CCn1c(S[C@@H](C)C(=O)Nc2ccccc2[C@@H](C)CC)nnc1-c1ccccc1. The summed E-state index contributed by atoms with van der Waals surface area (Å²) >= 11 is 1.40.